The van der Waals surface area contributed by atoms with Gasteiger partial charge in [-0.05, 0) is 53.4 Å². The lowest BCUT2D eigenvalue weighted by Gasteiger charge is -2.47. The summed E-state index contributed by atoms with van der Waals surface area (Å²) in [6.45, 7) is 7.91. The Bertz CT molecular complexity index is 586. The lowest BCUT2D eigenvalue weighted by Crippen LogP contribution is -2.55. The molecule has 0 spiro atoms. The van der Waals surface area contributed by atoms with Gasteiger partial charge < -0.3 is 5.11 Å². The molecule has 3 heteroatoms. The number of aliphatic hydroxyl groups is 1. The molecule has 1 fully saturated rings. The molecule has 2 rings (SSSR count). The molecule has 1 saturated carbocycles. The quantitative estimate of drug-likeness (QED) is 0.616. The number of hydrogen-bond donors (Lipinski definition) is 1. The van der Waals surface area contributed by atoms with Crippen LogP contribution in [0.25, 0.3) is 0 Å². The van der Waals surface area contributed by atoms with Gasteiger partial charge in [-0.15, -0.1) is 0 Å². The van der Waals surface area contributed by atoms with Gasteiger partial charge >= 0.3 is 0 Å². The van der Waals surface area contributed by atoms with E-state index in [1.807, 2.05) is 39.8 Å². The predicted octanol–water partition coefficient (Wildman–Crippen LogP) is 4.45. The van der Waals surface area contributed by atoms with E-state index in [1.165, 1.54) is 6.08 Å². The zero-order valence-corrected chi connectivity index (χ0v) is 14.0. The van der Waals surface area contributed by atoms with Gasteiger partial charge in [-0.2, -0.15) is 0 Å². The highest BCUT2D eigenvalue weighted by molar-refractivity contribution is 6.17. The molecule has 2 aliphatic carbocycles. The molecular weight excluding hydrogens is 276 g/mol. The monoisotopic (exact) mass is 302 g/mol. The summed E-state index contributed by atoms with van der Waals surface area (Å²) in [6, 6.07) is 0. The molecule has 0 aromatic rings. The molecule has 1 N–H and O–H groups in total. The molecule has 120 valence electrons. The molecule has 0 saturated heterocycles. The van der Waals surface area contributed by atoms with Gasteiger partial charge in [0.2, 0.25) is 0 Å². The molecule has 0 radical (unpaired) electrons. The van der Waals surface area contributed by atoms with E-state index in [4.69, 9.17) is 0 Å². The van der Waals surface area contributed by atoms with Gasteiger partial charge in [-0.25, -0.2) is 0 Å². The molecule has 22 heavy (non-hydrogen) atoms. The Morgan fingerprint density at radius 1 is 1.05 bits per heavy atom. The number of carbonyl (C=O) groups is 2. The van der Waals surface area contributed by atoms with E-state index < -0.39 is 10.8 Å². The molecule has 0 amide bonds. The minimum absolute atomic E-state index is 0.0347. The second-order valence-electron chi connectivity index (χ2n) is 7.21. The zero-order valence-electron chi connectivity index (χ0n) is 14.0. The molecule has 0 aliphatic heterocycles. The van der Waals surface area contributed by atoms with Crippen molar-refractivity contribution in [2.24, 2.45) is 10.8 Å². The van der Waals surface area contributed by atoms with Crippen LogP contribution in [0.2, 0.25) is 0 Å². The maximum absolute atomic E-state index is 13.2. The Labute approximate surface area is 132 Å². The topological polar surface area (TPSA) is 54.4 Å². The Kier molecular flexibility index (Phi) is 4.46. The van der Waals surface area contributed by atoms with E-state index in [0.717, 1.165) is 17.6 Å². The highest BCUT2D eigenvalue weighted by Crippen LogP contribution is 2.54. The first kappa shape index (κ1) is 16.7. The molecule has 0 unspecified atom stereocenters. The Morgan fingerprint density at radius 3 is 2.09 bits per heavy atom. The van der Waals surface area contributed by atoms with Gasteiger partial charge in [-0.3, -0.25) is 9.59 Å². The van der Waals surface area contributed by atoms with E-state index in [1.54, 1.807) is 0 Å². The van der Waals surface area contributed by atoms with Gasteiger partial charge in [0.25, 0.3) is 0 Å². The number of allylic oxidation sites excluding steroid dienone is 6. The Balaban J connectivity index is 2.50. The summed E-state index contributed by atoms with van der Waals surface area (Å²) in [7, 11) is 0. The fourth-order valence-corrected chi connectivity index (χ4v) is 3.61. The third-order valence-electron chi connectivity index (χ3n) is 5.02. The summed E-state index contributed by atoms with van der Waals surface area (Å²) >= 11 is 0. The second kappa shape index (κ2) is 5.86. The van der Waals surface area contributed by atoms with E-state index in [-0.39, 0.29) is 17.3 Å². The molecule has 2 atom stereocenters. The van der Waals surface area contributed by atoms with Crippen LogP contribution in [-0.2, 0) is 9.59 Å². The smallest absolute Gasteiger partial charge is 0.172 e. The van der Waals surface area contributed by atoms with E-state index in [2.05, 4.69) is 0 Å². The van der Waals surface area contributed by atoms with E-state index >= 15 is 0 Å². The summed E-state index contributed by atoms with van der Waals surface area (Å²) in [5.74, 6) is -0.334. The average Bonchev–Trinajstić information content (AvgIpc) is 2.43. The molecule has 0 heterocycles. The van der Waals surface area contributed by atoms with Gasteiger partial charge in [0.05, 0.1) is 10.8 Å². The highest BCUT2D eigenvalue weighted by atomic mass is 16.3. The van der Waals surface area contributed by atoms with E-state index in [9.17, 15) is 14.7 Å². The maximum atomic E-state index is 13.2. The first-order valence-corrected chi connectivity index (χ1v) is 8.02. The van der Waals surface area contributed by atoms with Crippen LogP contribution in [-0.4, -0.2) is 16.7 Å². The minimum Gasteiger partial charge on any atom is -0.511 e. The SMILES string of the molecule is CC(C)=CC[C@@]12CCC[C@@](CC=C(C)C)(C1=O)C(O)=CC2=O. The molecule has 0 aromatic heterocycles. The summed E-state index contributed by atoms with van der Waals surface area (Å²) in [5.41, 5.74) is 0.373. The first-order valence-electron chi connectivity index (χ1n) is 8.02. The molecule has 0 aromatic carbocycles. The molecule has 3 nitrogen and oxygen atoms in total. The van der Waals surface area contributed by atoms with E-state index in [0.29, 0.717) is 25.7 Å². The van der Waals surface area contributed by atoms with Crippen molar-refractivity contribution in [3.05, 3.63) is 35.1 Å². The normalized spacial score (nSPS) is 30.6. The van der Waals surface area contributed by atoms with Crippen LogP contribution in [0.5, 0.6) is 0 Å². The number of carbonyl (C=O) groups excluding carboxylic acids is 2. The van der Waals surface area contributed by atoms with Crippen LogP contribution in [0, 0.1) is 10.8 Å². The Hall–Kier alpha value is -1.64. The Morgan fingerprint density at radius 2 is 1.55 bits per heavy atom. The van der Waals surface area contributed by atoms with Crippen molar-refractivity contribution >= 4 is 11.6 Å². The first-order chi connectivity index (χ1) is 10.2. The van der Waals surface area contributed by atoms with Crippen molar-refractivity contribution in [1.82, 2.24) is 0 Å². The van der Waals surface area contributed by atoms with Gasteiger partial charge in [0, 0.05) is 6.08 Å². The average molecular weight is 302 g/mol. The lowest BCUT2D eigenvalue weighted by molar-refractivity contribution is -0.151. The third kappa shape index (κ3) is 2.57. The number of fused-ring (bicyclic) bond motifs is 2. The van der Waals surface area contributed by atoms with Gasteiger partial charge in [-0.1, -0.05) is 29.7 Å². The summed E-state index contributed by atoms with van der Waals surface area (Å²) in [4.78, 5) is 25.8. The number of rotatable bonds is 4. The van der Waals surface area contributed by atoms with Gasteiger partial charge in [0.15, 0.2) is 11.6 Å². The third-order valence-corrected chi connectivity index (χ3v) is 5.02. The van der Waals surface area contributed by atoms with Crippen molar-refractivity contribution in [1.29, 1.82) is 0 Å². The summed E-state index contributed by atoms with van der Waals surface area (Å²) in [5, 5.41) is 10.4. The maximum Gasteiger partial charge on any atom is 0.172 e. The largest absolute Gasteiger partial charge is 0.511 e. The van der Waals surface area contributed by atoms with Crippen molar-refractivity contribution in [2.45, 2.75) is 59.8 Å². The number of ketones is 2. The minimum atomic E-state index is -0.961. The standard InChI is InChI=1S/C19H26O3/c1-13(2)6-10-18-8-5-9-19(17(18)22,11-7-14(3)4)16(21)12-15(18)20/h6-7,12,20H,5,8-11H2,1-4H3/t18-,19+/m0/s1. The second-order valence-corrected chi connectivity index (χ2v) is 7.21. The predicted molar refractivity (Wildman–Crippen MR) is 87.5 cm³/mol. The molecule has 2 aliphatic rings. The number of hydrogen-bond acceptors (Lipinski definition) is 3. The lowest BCUT2D eigenvalue weighted by atomic mass is 9.53. The van der Waals surface area contributed by atoms with Crippen molar-refractivity contribution in [2.75, 3.05) is 0 Å². The summed E-state index contributed by atoms with van der Waals surface area (Å²) < 4.78 is 0. The van der Waals surface area contributed by atoms with Crippen LogP contribution in [0.3, 0.4) is 0 Å². The molecular formula is C19H26O3. The number of aliphatic hydroxyl groups excluding tert-OH is 1. The fourth-order valence-electron chi connectivity index (χ4n) is 3.61. The van der Waals surface area contributed by atoms with Gasteiger partial charge in [0.1, 0.15) is 5.76 Å². The van der Waals surface area contributed by atoms with Crippen LogP contribution < -0.4 is 0 Å². The highest BCUT2D eigenvalue weighted by Gasteiger charge is 2.60. The summed E-state index contributed by atoms with van der Waals surface area (Å²) in [6.07, 6.45) is 8.24. The van der Waals surface area contributed by atoms with Crippen LogP contribution >= 0.6 is 0 Å². The van der Waals surface area contributed by atoms with Crippen molar-refractivity contribution in [3.63, 3.8) is 0 Å². The molecule has 2 bridgehead atoms. The van der Waals surface area contributed by atoms with Crippen molar-refractivity contribution in [3.8, 4) is 0 Å². The number of Topliss-reactive ketones (excluding diaryl/α,β-unsaturated/α-hetero) is 1. The van der Waals surface area contributed by atoms with Crippen LogP contribution in [0.4, 0.5) is 0 Å². The van der Waals surface area contributed by atoms with Crippen LogP contribution in [0.1, 0.15) is 59.8 Å². The fraction of sp³-hybridized carbons (Fsp3) is 0.579. The van der Waals surface area contributed by atoms with Crippen LogP contribution in [0.15, 0.2) is 35.1 Å². The van der Waals surface area contributed by atoms with Crippen molar-refractivity contribution < 1.29 is 14.7 Å². The zero-order chi connectivity index (χ0) is 16.5.